The summed E-state index contributed by atoms with van der Waals surface area (Å²) in [5, 5.41) is 18.0. The molecule has 0 unspecified atom stereocenters. The average molecular weight is 532 g/mol. The van der Waals surface area contributed by atoms with Gasteiger partial charge in [-0.2, -0.15) is 15.3 Å². The summed E-state index contributed by atoms with van der Waals surface area (Å²) in [6.45, 7) is 9.55. The number of nitriles is 1. The second-order valence-corrected chi connectivity index (χ2v) is 10.3. The van der Waals surface area contributed by atoms with E-state index >= 15 is 0 Å². The largest absolute Gasteiger partial charge is 0.493 e. The van der Waals surface area contributed by atoms with E-state index in [4.69, 9.17) is 14.3 Å². The van der Waals surface area contributed by atoms with Crippen LogP contribution in [0.25, 0.3) is 28.4 Å². The van der Waals surface area contributed by atoms with E-state index in [1.54, 1.807) is 0 Å². The first-order valence-electron chi connectivity index (χ1n) is 13.5. The van der Waals surface area contributed by atoms with Gasteiger partial charge in [0.15, 0.2) is 0 Å². The van der Waals surface area contributed by atoms with E-state index in [0.717, 1.165) is 51.4 Å². The lowest BCUT2D eigenvalue weighted by Gasteiger charge is -2.12. The number of anilines is 1. The number of para-hydroxylation sites is 1. The van der Waals surface area contributed by atoms with E-state index < -0.39 is 0 Å². The fourth-order valence-electron chi connectivity index (χ4n) is 4.37. The van der Waals surface area contributed by atoms with Gasteiger partial charge in [-0.3, -0.25) is 0 Å². The van der Waals surface area contributed by atoms with Crippen molar-refractivity contribution in [1.29, 1.82) is 5.26 Å². The topological polar surface area (TPSA) is 88.9 Å². The highest BCUT2D eigenvalue weighted by Crippen LogP contribution is 2.31. The number of benzene rings is 3. The minimum Gasteiger partial charge on any atom is -0.493 e. The van der Waals surface area contributed by atoms with Crippen LogP contribution in [0.15, 0.2) is 83.4 Å². The number of aromatic nitrogens is 3. The van der Waals surface area contributed by atoms with Gasteiger partial charge in [0.25, 0.3) is 0 Å². The highest BCUT2D eigenvalue weighted by molar-refractivity contribution is 5.66. The normalized spacial score (nSPS) is 11.0. The lowest BCUT2D eigenvalue weighted by Crippen LogP contribution is -2.03. The molecular formula is C33H33N5O2. The molecular weight excluding hydrogens is 498 g/mol. The van der Waals surface area contributed by atoms with Crippen LogP contribution in [0.2, 0.25) is 0 Å². The number of rotatable bonds is 10. The van der Waals surface area contributed by atoms with Gasteiger partial charge in [0.2, 0.25) is 17.5 Å². The quantitative estimate of drug-likeness (QED) is 0.198. The molecule has 0 spiro atoms. The van der Waals surface area contributed by atoms with Crippen molar-refractivity contribution >= 4 is 5.88 Å². The van der Waals surface area contributed by atoms with Gasteiger partial charge >= 0.3 is 0 Å². The van der Waals surface area contributed by atoms with Crippen molar-refractivity contribution in [2.75, 3.05) is 11.9 Å². The SMILES string of the molecule is Cc1ccc(-c2nc(C#N)c(NCc3cn(-c4ccccc4)nc3-c3ccc(OCCC(C)C)c(C)c3)o2)cc1. The first-order chi connectivity index (χ1) is 19.4. The third kappa shape index (κ3) is 6.08. The van der Waals surface area contributed by atoms with Crippen LogP contribution >= 0.6 is 0 Å². The van der Waals surface area contributed by atoms with E-state index in [-0.39, 0.29) is 5.69 Å². The number of ether oxygens (including phenoxy) is 1. The maximum atomic E-state index is 9.71. The molecule has 0 aliphatic heterocycles. The standard InChI is InChI=1S/C33H33N5O2/c1-22(2)16-17-39-30-15-14-26(18-24(30)4)31-27(21-38(37-31)28-8-6-5-7-9-28)20-35-33-29(19-34)36-32(40-33)25-12-10-23(3)11-13-25/h5-15,18,21-22,35H,16-17,20H2,1-4H3. The number of hydrogen-bond donors (Lipinski definition) is 1. The molecule has 0 saturated carbocycles. The Bertz CT molecular complexity index is 1630. The van der Waals surface area contributed by atoms with Gasteiger partial charge in [-0.15, -0.1) is 0 Å². The van der Waals surface area contributed by atoms with Crippen molar-refractivity contribution in [2.45, 2.75) is 40.7 Å². The lowest BCUT2D eigenvalue weighted by atomic mass is 10.0. The Balaban J connectivity index is 1.44. The maximum absolute atomic E-state index is 9.71. The van der Waals surface area contributed by atoms with E-state index in [2.05, 4.69) is 43.2 Å². The molecule has 2 aromatic heterocycles. The van der Waals surface area contributed by atoms with Crippen molar-refractivity contribution in [1.82, 2.24) is 14.8 Å². The Hall–Kier alpha value is -4.83. The van der Waals surface area contributed by atoms with E-state index in [0.29, 0.717) is 30.8 Å². The van der Waals surface area contributed by atoms with E-state index in [1.807, 2.05) is 84.5 Å². The number of nitrogens with zero attached hydrogens (tertiary/aromatic N) is 4. The van der Waals surface area contributed by atoms with Crippen LogP contribution in [0.3, 0.4) is 0 Å². The molecule has 0 atom stereocenters. The second kappa shape index (κ2) is 11.9. The van der Waals surface area contributed by atoms with Gasteiger partial charge in [0, 0.05) is 29.4 Å². The number of hydrogen-bond acceptors (Lipinski definition) is 6. The molecule has 5 aromatic rings. The maximum Gasteiger partial charge on any atom is 0.232 e. The third-order valence-electron chi connectivity index (χ3n) is 6.68. The zero-order valence-electron chi connectivity index (χ0n) is 23.3. The highest BCUT2D eigenvalue weighted by atomic mass is 16.5. The summed E-state index contributed by atoms with van der Waals surface area (Å²) >= 11 is 0. The molecule has 1 N–H and O–H groups in total. The smallest absolute Gasteiger partial charge is 0.232 e. The molecule has 7 nitrogen and oxygen atoms in total. The highest BCUT2D eigenvalue weighted by Gasteiger charge is 2.18. The average Bonchev–Trinajstić information content (AvgIpc) is 3.58. The van der Waals surface area contributed by atoms with Crippen molar-refractivity contribution in [3.05, 3.63) is 101 Å². The Kier molecular flexibility index (Phi) is 7.97. The van der Waals surface area contributed by atoms with Crippen LogP contribution in [0.4, 0.5) is 5.88 Å². The Labute approximate surface area is 235 Å². The predicted molar refractivity (Wildman–Crippen MR) is 157 cm³/mol. The molecule has 0 aliphatic rings. The molecule has 202 valence electrons. The Morgan fingerprint density at radius 3 is 2.45 bits per heavy atom. The zero-order valence-corrected chi connectivity index (χ0v) is 23.3. The lowest BCUT2D eigenvalue weighted by molar-refractivity contribution is 0.288. The third-order valence-corrected chi connectivity index (χ3v) is 6.68. The summed E-state index contributed by atoms with van der Waals surface area (Å²) in [4.78, 5) is 4.41. The fourth-order valence-corrected chi connectivity index (χ4v) is 4.37. The Morgan fingerprint density at radius 1 is 1.00 bits per heavy atom. The minimum atomic E-state index is 0.214. The molecule has 40 heavy (non-hydrogen) atoms. The predicted octanol–water partition coefficient (Wildman–Crippen LogP) is 7.72. The van der Waals surface area contributed by atoms with Gasteiger partial charge in [-0.1, -0.05) is 49.7 Å². The van der Waals surface area contributed by atoms with Gasteiger partial charge in [0.05, 0.1) is 18.0 Å². The molecule has 0 bridgehead atoms. The summed E-state index contributed by atoms with van der Waals surface area (Å²) in [6, 6.07) is 26.2. The molecule has 0 fully saturated rings. The summed E-state index contributed by atoms with van der Waals surface area (Å²) in [7, 11) is 0. The van der Waals surface area contributed by atoms with E-state index in [1.165, 1.54) is 0 Å². The minimum absolute atomic E-state index is 0.214. The molecule has 7 heteroatoms. The molecule has 0 saturated heterocycles. The van der Waals surface area contributed by atoms with Gasteiger partial charge in [-0.05, 0) is 74.2 Å². The fraction of sp³-hybridized carbons (Fsp3) is 0.242. The van der Waals surface area contributed by atoms with Gasteiger partial charge < -0.3 is 14.5 Å². The Morgan fingerprint density at radius 2 is 1.75 bits per heavy atom. The van der Waals surface area contributed by atoms with Crippen LogP contribution in [-0.2, 0) is 6.54 Å². The zero-order chi connectivity index (χ0) is 28.1. The number of oxazole rings is 1. The van der Waals surface area contributed by atoms with Crippen LogP contribution in [0.1, 0.15) is 42.7 Å². The first kappa shape index (κ1) is 26.8. The number of aryl methyl sites for hydroxylation is 2. The summed E-state index contributed by atoms with van der Waals surface area (Å²) < 4.78 is 13.9. The van der Waals surface area contributed by atoms with Crippen molar-refractivity contribution in [3.8, 4) is 40.2 Å². The molecule has 5 rings (SSSR count). The monoisotopic (exact) mass is 531 g/mol. The van der Waals surface area contributed by atoms with Gasteiger partial charge in [-0.25, -0.2) is 4.68 Å². The number of nitrogens with one attached hydrogen (secondary N) is 1. The van der Waals surface area contributed by atoms with Crippen molar-refractivity contribution < 1.29 is 9.15 Å². The van der Waals surface area contributed by atoms with Crippen LogP contribution in [-0.4, -0.2) is 21.4 Å². The summed E-state index contributed by atoms with van der Waals surface area (Å²) in [5.41, 5.74) is 6.96. The molecule has 3 aromatic carbocycles. The first-order valence-corrected chi connectivity index (χ1v) is 13.5. The second-order valence-electron chi connectivity index (χ2n) is 10.3. The summed E-state index contributed by atoms with van der Waals surface area (Å²) in [5.74, 6) is 2.22. The van der Waals surface area contributed by atoms with Crippen LogP contribution in [0.5, 0.6) is 5.75 Å². The van der Waals surface area contributed by atoms with Crippen molar-refractivity contribution in [2.24, 2.45) is 5.92 Å². The molecule has 2 heterocycles. The summed E-state index contributed by atoms with van der Waals surface area (Å²) in [6.07, 6.45) is 3.01. The van der Waals surface area contributed by atoms with Crippen LogP contribution in [0, 0.1) is 31.1 Å². The van der Waals surface area contributed by atoms with E-state index in [9.17, 15) is 5.26 Å². The van der Waals surface area contributed by atoms with Crippen molar-refractivity contribution in [3.63, 3.8) is 0 Å². The molecule has 0 aliphatic carbocycles. The van der Waals surface area contributed by atoms with Crippen LogP contribution < -0.4 is 10.1 Å². The molecule has 0 amide bonds. The van der Waals surface area contributed by atoms with Gasteiger partial charge in [0.1, 0.15) is 11.8 Å². The molecule has 0 radical (unpaired) electrons.